The van der Waals surface area contributed by atoms with E-state index < -0.39 is 23.9 Å². The highest BCUT2D eigenvalue weighted by Gasteiger charge is 2.14. The van der Waals surface area contributed by atoms with Crippen LogP contribution in [0.1, 0.15) is 80.6 Å². The Morgan fingerprint density at radius 3 is 1.87 bits per heavy atom. The van der Waals surface area contributed by atoms with Gasteiger partial charge in [0.25, 0.3) is 0 Å². The lowest BCUT2D eigenvalue weighted by atomic mass is 10.0. The quantitative estimate of drug-likeness (QED) is 0.0294. The predicted molar refractivity (Wildman–Crippen MR) is 198 cm³/mol. The summed E-state index contributed by atoms with van der Waals surface area (Å²) >= 11 is 0. The number of carbonyl (C=O) groups excluding carboxylic acids is 4. The molecule has 0 radical (unpaired) electrons. The third-order valence-corrected chi connectivity index (χ3v) is 8.05. The molecule has 0 spiro atoms. The van der Waals surface area contributed by atoms with Crippen LogP contribution in [0.2, 0.25) is 0 Å². The number of aryl methyl sites for hydroxylation is 1. The summed E-state index contributed by atoms with van der Waals surface area (Å²) in [7, 11) is 1.26. The molecule has 3 rings (SSSR count). The van der Waals surface area contributed by atoms with Gasteiger partial charge in [0.05, 0.1) is 45.5 Å². The van der Waals surface area contributed by atoms with Crippen molar-refractivity contribution in [1.29, 1.82) is 0 Å². The lowest BCUT2D eigenvalue weighted by molar-refractivity contribution is -0.144. The van der Waals surface area contributed by atoms with Crippen LogP contribution in [0.4, 0.5) is 0 Å². The minimum Gasteiger partial charge on any atom is -0.494 e. The molecule has 0 saturated heterocycles. The third-order valence-electron chi connectivity index (χ3n) is 8.05. The van der Waals surface area contributed by atoms with Gasteiger partial charge < -0.3 is 28.4 Å². The molecule has 3 aromatic rings. The summed E-state index contributed by atoms with van der Waals surface area (Å²) in [6, 6.07) is 20.4. The highest BCUT2D eigenvalue weighted by atomic mass is 16.5. The molecular formula is C42H50O10. The van der Waals surface area contributed by atoms with Crippen molar-refractivity contribution in [1.82, 2.24) is 0 Å². The van der Waals surface area contributed by atoms with E-state index in [2.05, 4.69) is 30.9 Å². The maximum Gasteiger partial charge on any atom is 0.343 e. The molecule has 0 bridgehead atoms. The van der Waals surface area contributed by atoms with Crippen LogP contribution in [0, 0.1) is 0 Å². The molecule has 0 N–H and O–H groups in total. The van der Waals surface area contributed by atoms with Gasteiger partial charge in [0.1, 0.15) is 17.2 Å². The van der Waals surface area contributed by atoms with Gasteiger partial charge in [-0.1, -0.05) is 38.3 Å². The van der Waals surface area contributed by atoms with Crippen molar-refractivity contribution in [2.75, 3.05) is 33.5 Å². The molecule has 0 aliphatic rings. The number of unbranched alkanes of at least 4 members (excludes halogenated alkanes) is 6. The fourth-order valence-electron chi connectivity index (χ4n) is 5.05. The number of hydrogen-bond donors (Lipinski definition) is 0. The van der Waals surface area contributed by atoms with Crippen LogP contribution >= 0.6 is 0 Å². The number of rotatable bonds is 24. The zero-order valence-corrected chi connectivity index (χ0v) is 30.3. The maximum absolute atomic E-state index is 12.8. The number of benzene rings is 3. The van der Waals surface area contributed by atoms with Crippen molar-refractivity contribution in [3.8, 4) is 28.4 Å². The second kappa shape index (κ2) is 23.2. The van der Waals surface area contributed by atoms with Gasteiger partial charge in [-0.2, -0.15) is 0 Å². The van der Waals surface area contributed by atoms with E-state index in [4.69, 9.17) is 23.7 Å². The molecule has 10 nitrogen and oxygen atoms in total. The average molecular weight is 715 g/mol. The van der Waals surface area contributed by atoms with Gasteiger partial charge in [0.15, 0.2) is 0 Å². The summed E-state index contributed by atoms with van der Waals surface area (Å²) in [5.41, 5.74) is 3.65. The molecule has 0 atom stereocenters. The van der Waals surface area contributed by atoms with Gasteiger partial charge in [0.2, 0.25) is 0 Å². The van der Waals surface area contributed by atoms with Crippen LogP contribution in [-0.2, 0) is 35.0 Å². The molecule has 0 unspecified atom stereocenters. The Labute approximate surface area is 306 Å². The van der Waals surface area contributed by atoms with E-state index in [0.29, 0.717) is 36.9 Å². The first-order valence-electron chi connectivity index (χ1n) is 17.8. The van der Waals surface area contributed by atoms with Crippen LogP contribution in [-0.4, -0.2) is 57.4 Å². The molecule has 0 amide bonds. The molecule has 10 heteroatoms. The summed E-state index contributed by atoms with van der Waals surface area (Å²) in [5.74, 6) is 0.0420. The summed E-state index contributed by atoms with van der Waals surface area (Å²) < 4.78 is 32.1. The average Bonchev–Trinajstić information content (AvgIpc) is 3.17. The van der Waals surface area contributed by atoms with Crippen LogP contribution in [0.5, 0.6) is 17.2 Å². The highest BCUT2D eigenvalue weighted by Crippen LogP contribution is 2.29. The van der Waals surface area contributed by atoms with Crippen LogP contribution in [0.25, 0.3) is 11.1 Å². The molecule has 0 heterocycles. The number of carbonyl (C=O) groups is 4. The summed E-state index contributed by atoms with van der Waals surface area (Å²) in [6.07, 6.45) is 8.78. The topological polar surface area (TPSA) is 124 Å². The second-order valence-corrected chi connectivity index (χ2v) is 12.0. The SMILES string of the molecule is C=CC(=O)OCCCCCCOc1ccc(C(=O)Oc2ccc(-c3ccc(OCCCCCCOC(=O)C(=C)CC(=O)OC)c(CC)c3)cc2)cc1. The standard InChI is InChI=1S/C42H50O10/c1-5-32-30-35(19-24-38(32)49-26-12-8-10-14-28-51-41(45)31(3)29-40(44)47-4)33-15-22-37(23-16-33)52-42(46)34-17-20-36(21-18-34)48-25-11-7-9-13-27-50-39(43)6-2/h6,15-24,30H,2-3,5,7-14,25-29H2,1,4H3. The Bertz CT molecular complexity index is 1610. The monoisotopic (exact) mass is 714 g/mol. The van der Waals surface area contributed by atoms with E-state index in [-0.39, 0.29) is 18.6 Å². The van der Waals surface area contributed by atoms with Crippen LogP contribution in [0.15, 0.2) is 91.5 Å². The molecule has 278 valence electrons. The maximum atomic E-state index is 12.8. The molecular weight excluding hydrogens is 664 g/mol. The predicted octanol–water partition coefficient (Wildman–Crippen LogP) is 8.41. The normalized spacial score (nSPS) is 10.5. The van der Waals surface area contributed by atoms with Crippen LogP contribution < -0.4 is 14.2 Å². The zero-order valence-electron chi connectivity index (χ0n) is 30.3. The summed E-state index contributed by atoms with van der Waals surface area (Å²) in [6.45, 7) is 10.8. The number of methoxy groups -OCH3 is 1. The van der Waals surface area contributed by atoms with Crippen molar-refractivity contribution < 1.29 is 47.6 Å². The first-order valence-corrected chi connectivity index (χ1v) is 17.8. The molecule has 0 aliphatic heterocycles. The first-order chi connectivity index (χ1) is 25.2. The molecule has 0 aromatic heterocycles. The lowest BCUT2D eigenvalue weighted by Crippen LogP contribution is -2.12. The number of esters is 4. The van der Waals surface area contributed by atoms with Crippen molar-refractivity contribution >= 4 is 23.9 Å². The Morgan fingerprint density at radius 1 is 0.673 bits per heavy atom. The van der Waals surface area contributed by atoms with Gasteiger partial charge in [-0.3, -0.25) is 4.79 Å². The van der Waals surface area contributed by atoms with Gasteiger partial charge in [-0.15, -0.1) is 0 Å². The second-order valence-electron chi connectivity index (χ2n) is 12.0. The molecule has 52 heavy (non-hydrogen) atoms. The van der Waals surface area contributed by atoms with Gasteiger partial charge >= 0.3 is 23.9 Å². The van der Waals surface area contributed by atoms with Crippen molar-refractivity contribution in [2.24, 2.45) is 0 Å². The van der Waals surface area contributed by atoms with Crippen molar-refractivity contribution in [3.63, 3.8) is 0 Å². The van der Waals surface area contributed by atoms with Gasteiger partial charge in [-0.25, -0.2) is 14.4 Å². The minimum atomic E-state index is -0.573. The first kappa shape index (κ1) is 41.0. The van der Waals surface area contributed by atoms with Crippen molar-refractivity contribution in [3.05, 3.63) is 103 Å². The van der Waals surface area contributed by atoms with E-state index in [0.717, 1.165) is 86.3 Å². The number of hydrogen-bond acceptors (Lipinski definition) is 10. The smallest absolute Gasteiger partial charge is 0.343 e. The molecule has 0 saturated carbocycles. The van der Waals surface area contributed by atoms with E-state index in [1.54, 1.807) is 36.4 Å². The van der Waals surface area contributed by atoms with Gasteiger partial charge in [-0.05, 0) is 123 Å². The summed E-state index contributed by atoms with van der Waals surface area (Å²) in [4.78, 5) is 46.9. The van der Waals surface area contributed by atoms with E-state index in [9.17, 15) is 19.2 Å². The Kier molecular flexibility index (Phi) is 18.3. The van der Waals surface area contributed by atoms with Crippen LogP contribution in [0.3, 0.4) is 0 Å². The summed E-state index contributed by atoms with van der Waals surface area (Å²) in [5, 5.41) is 0. The Balaban J connectivity index is 1.36. The molecule has 0 fully saturated rings. The molecule has 0 aliphatic carbocycles. The van der Waals surface area contributed by atoms with E-state index in [1.165, 1.54) is 7.11 Å². The highest BCUT2D eigenvalue weighted by molar-refractivity contribution is 5.93. The minimum absolute atomic E-state index is 0.0877. The Hall–Kier alpha value is -5.38. The lowest BCUT2D eigenvalue weighted by Gasteiger charge is -2.13. The van der Waals surface area contributed by atoms with Gasteiger partial charge in [0, 0.05) is 11.6 Å². The Morgan fingerprint density at radius 2 is 1.25 bits per heavy atom. The third kappa shape index (κ3) is 14.8. The fourth-order valence-corrected chi connectivity index (χ4v) is 5.05. The number of ether oxygens (including phenoxy) is 6. The van der Waals surface area contributed by atoms with E-state index >= 15 is 0 Å². The zero-order chi connectivity index (χ0) is 37.6. The molecule has 3 aromatic carbocycles. The van der Waals surface area contributed by atoms with E-state index in [1.807, 2.05) is 24.3 Å². The largest absolute Gasteiger partial charge is 0.494 e. The fraction of sp³-hybridized carbons (Fsp3) is 0.381. The van der Waals surface area contributed by atoms with Crippen molar-refractivity contribution in [2.45, 2.75) is 71.1 Å².